The van der Waals surface area contributed by atoms with Crippen molar-refractivity contribution in [3.8, 4) is 0 Å². The lowest BCUT2D eigenvalue weighted by atomic mass is 10.1. The molecule has 1 aliphatic rings. The molecule has 1 saturated carbocycles. The molecule has 2 rings (SSSR count). The number of hydrogen-bond acceptors (Lipinski definition) is 4. The van der Waals surface area contributed by atoms with E-state index < -0.39 is 21.5 Å². The molecule has 0 radical (unpaired) electrons. The van der Waals surface area contributed by atoms with Crippen LogP contribution in [0.4, 0.5) is 0 Å². The molecule has 0 atom stereocenters. The number of Topliss-reactive ketones (excluding diaryl/α,β-unsaturated/α-hetero) is 1. The van der Waals surface area contributed by atoms with Gasteiger partial charge in [0.05, 0.1) is 4.90 Å². The predicted molar refractivity (Wildman–Crippen MR) is 78.9 cm³/mol. The first kappa shape index (κ1) is 15.7. The van der Waals surface area contributed by atoms with Crippen LogP contribution < -0.4 is 5.32 Å². The second-order valence-corrected chi connectivity index (χ2v) is 7.26. The number of sulfone groups is 1. The van der Waals surface area contributed by atoms with E-state index in [1.807, 2.05) is 6.92 Å². The number of benzene rings is 1. The maximum Gasteiger partial charge on any atom is 0.235 e. The zero-order chi connectivity index (χ0) is 15.5. The maximum atomic E-state index is 12.1. The van der Waals surface area contributed by atoms with E-state index in [0.717, 1.165) is 19.3 Å². The SMILES string of the molecule is CCCNC(=O)CS(=O)(=O)c1ccc(C(=O)C2CC2)cc1. The molecule has 0 heterocycles. The third-order valence-corrected chi connectivity index (χ3v) is 4.97. The molecule has 0 spiro atoms. The molecule has 0 bridgehead atoms. The smallest absolute Gasteiger partial charge is 0.235 e. The molecule has 0 saturated heterocycles. The lowest BCUT2D eigenvalue weighted by molar-refractivity contribution is -0.118. The Kier molecular flexibility index (Phi) is 4.77. The number of amides is 1. The molecule has 114 valence electrons. The van der Waals surface area contributed by atoms with E-state index in [0.29, 0.717) is 12.1 Å². The standard InChI is InChI=1S/C15H19NO4S/c1-2-9-16-14(17)10-21(19,20)13-7-5-12(6-8-13)15(18)11-3-4-11/h5-8,11H,2-4,9-10H2,1H3,(H,16,17). The van der Waals surface area contributed by atoms with Crippen LogP contribution in [0.3, 0.4) is 0 Å². The van der Waals surface area contributed by atoms with E-state index in [1.54, 1.807) is 0 Å². The molecule has 5 nitrogen and oxygen atoms in total. The fraction of sp³-hybridized carbons (Fsp3) is 0.467. The minimum Gasteiger partial charge on any atom is -0.355 e. The highest BCUT2D eigenvalue weighted by atomic mass is 32.2. The normalized spacial score (nSPS) is 14.7. The summed E-state index contributed by atoms with van der Waals surface area (Å²) in [5.41, 5.74) is 0.534. The lowest BCUT2D eigenvalue weighted by Crippen LogP contribution is -2.30. The van der Waals surface area contributed by atoms with Crippen molar-refractivity contribution >= 4 is 21.5 Å². The predicted octanol–water partition coefficient (Wildman–Crippen LogP) is 1.58. The summed E-state index contributed by atoms with van der Waals surface area (Å²) in [6.45, 7) is 2.35. The summed E-state index contributed by atoms with van der Waals surface area (Å²) >= 11 is 0. The van der Waals surface area contributed by atoms with Gasteiger partial charge in [-0.05, 0) is 31.4 Å². The second kappa shape index (κ2) is 6.39. The van der Waals surface area contributed by atoms with Crippen LogP contribution in [0.5, 0.6) is 0 Å². The summed E-state index contributed by atoms with van der Waals surface area (Å²) in [5, 5.41) is 2.54. The van der Waals surface area contributed by atoms with Gasteiger partial charge in [0.2, 0.25) is 5.91 Å². The van der Waals surface area contributed by atoms with Crippen molar-refractivity contribution in [3.05, 3.63) is 29.8 Å². The fourth-order valence-electron chi connectivity index (χ4n) is 1.98. The average molecular weight is 309 g/mol. The van der Waals surface area contributed by atoms with Crippen LogP contribution in [0.1, 0.15) is 36.5 Å². The van der Waals surface area contributed by atoms with E-state index in [9.17, 15) is 18.0 Å². The third-order valence-electron chi connectivity index (χ3n) is 3.34. The molecule has 1 aromatic carbocycles. The van der Waals surface area contributed by atoms with E-state index in [1.165, 1.54) is 24.3 Å². The molecule has 6 heteroatoms. The number of hydrogen-bond donors (Lipinski definition) is 1. The topological polar surface area (TPSA) is 80.3 Å². The van der Waals surface area contributed by atoms with Gasteiger partial charge in [0.1, 0.15) is 5.75 Å². The van der Waals surface area contributed by atoms with Crippen LogP contribution in [0.2, 0.25) is 0 Å². The van der Waals surface area contributed by atoms with Gasteiger partial charge >= 0.3 is 0 Å². The molecule has 1 fully saturated rings. The number of nitrogens with one attached hydrogen (secondary N) is 1. The largest absolute Gasteiger partial charge is 0.355 e. The minimum atomic E-state index is -3.66. The van der Waals surface area contributed by atoms with Crippen molar-refractivity contribution in [3.63, 3.8) is 0 Å². The van der Waals surface area contributed by atoms with Gasteiger partial charge in [-0.2, -0.15) is 0 Å². The molecule has 21 heavy (non-hydrogen) atoms. The fourth-order valence-corrected chi connectivity index (χ4v) is 3.14. The minimum absolute atomic E-state index is 0.0691. The number of carbonyl (C=O) groups excluding carboxylic acids is 2. The van der Waals surface area contributed by atoms with E-state index in [2.05, 4.69) is 5.32 Å². The first-order valence-corrected chi connectivity index (χ1v) is 8.73. The van der Waals surface area contributed by atoms with Gasteiger partial charge in [0.15, 0.2) is 15.6 Å². The van der Waals surface area contributed by atoms with Crippen molar-refractivity contribution in [2.24, 2.45) is 5.92 Å². The first-order valence-electron chi connectivity index (χ1n) is 7.08. The summed E-state index contributed by atoms with van der Waals surface area (Å²) in [5.74, 6) is -0.898. The van der Waals surface area contributed by atoms with Crippen LogP contribution in [0.25, 0.3) is 0 Å². The third kappa shape index (κ3) is 4.14. The van der Waals surface area contributed by atoms with Crippen molar-refractivity contribution in [1.29, 1.82) is 0 Å². The monoisotopic (exact) mass is 309 g/mol. The molecule has 1 aromatic rings. The van der Waals surface area contributed by atoms with Crippen LogP contribution in [0, 0.1) is 5.92 Å². The van der Waals surface area contributed by atoms with Gasteiger partial charge in [-0.3, -0.25) is 9.59 Å². The zero-order valence-corrected chi connectivity index (χ0v) is 12.8. The molecular formula is C15H19NO4S. The summed E-state index contributed by atoms with van der Waals surface area (Å²) in [6, 6.07) is 5.85. The highest BCUT2D eigenvalue weighted by molar-refractivity contribution is 7.92. The molecule has 0 aliphatic heterocycles. The second-order valence-electron chi connectivity index (χ2n) is 5.27. The van der Waals surface area contributed by atoms with Gasteiger partial charge in [-0.15, -0.1) is 0 Å². The van der Waals surface area contributed by atoms with E-state index in [4.69, 9.17) is 0 Å². The van der Waals surface area contributed by atoms with E-state index in [-0.39, 0.29) is 16.6 Å². The Balaban J connectivity index is 2.06. The molecule has 1 aliphatic carbocycles. The summed E-state index contributed by atoms with van der Waals surface area (Å²) in [6.07, 6.45) is 2.58. The van der Waals surface area contributed by atoms with Gasteiger partial charge in [-0.1, -0.05) is 19.1 Å². The number of rotatable bonds is 7. The maximum absolute atomic E-state index is 12.1. The molecule has 0 aromatic heterocycles. The van der Waals surface area contributed by atoms with E-state index >= 15 is 0 Å². The van der Waals surface area contributed by atoms with Crippen LogP contribution in [0.15, 0.2) is 29.2 Å². The lowest BCUT2D eigenvalue weighted by Gasteiger charge is -2.06. The molecule has 0 unspecified atom stereocenters. The Morgan fingerprint density at radius 1 is 1.19 bits per heavy atom. The molecular weight excluding hydrogens is 290 g/mol. The number of carbonyl (C=O) groups is 2. The summed E-state index contributed by atoms with van der Waals surface area (Å²) in [4.78, 5) is 23.4. The van der Waals surface area contributed by atoms with Gasteiger partial charge in [0.25, 0.3) is 0 Å². The molecule has 1 N–H and O–H groups in total. The quantitative estimate of drug-likeness (QED) is 0.775. The highest BCUT2D eigenvalue weighted by Crippen LogP contribution is 2.32. The van der Waals surface area contributed by atoms with Crippen molar-refractivity contribution < 1.29 is 18.0 Å². The summed E-state index contributed by atoms with van der Waals surface area (Å²) < 4.78 is 24.2. The van der Waals surface area contributed by atoms with Gasteiger partial charge in [-0.25, -0.2) is 8.42 Å². The Morgan fingerprint density at radius 3 is 2.33 bits per heavy atom. The first-order chi connectivity index (χ1) is 9.94. The van der Waals surface area contributed by atoms with Crippen molar-refractivity contribution in [2.75, 3.05) is 12.3 Å². The average Bonchev–Trinajstić information content (AvgIpc) is 3.28. The Hall–Kier alpha value is -1.69. The zero-order valence-electron chi connectivity index (χ0n) is 12.0. The highest BCUT2D eigenvalue weighted by Gasteiger charge is 2.30. The Bertz CT molecular complexity index is 630. The Labute approximate surface area is 124 Å². The van der Waals surface area contributed by atoms with Crippen LogP contribution in [-0.2, 0) is 14.6 Å². The van der Waals surface area contributed by atoms with Crippen molar-refractivity contribution in [1.82, 2.24) is 5.32 Å². The Morgan fingerprint density at radius 2 is 1.81 bits per heavy atom. The number of ketones is 1. The molecule has 1 amide bonds. The van der Waals surface area contributed by atoms with Crippen LogP contribution in [-0.4, -0.2) is 32.4 Å². The van der Waals surface area contributed by atoms with Crippen molar-refractivity contribution in [2.45, 2.75) is 31.1 Å². The van der Waals surface area contributed by atoms with Crippen LogP contribution >= 0.6 is 0 Å². The summed E-state index contributed by atoms with van der Waals surface area (Å²) in [7, 11) is -3.66. The van der Waals surface area contributed by atoms with Gasteiger partial charge in [0, 0.05) is 18.0 Å². The van der Waals surface area contributed by atoms with Gasteiger partial charge < -0.3 is 5.32 Å².